The molecule has 0 aliphatic heterocycles. The molecule has 2 rings (SSSR count). The standard InChI is InChI=1S/C19H29ClO/c1-12-7-9-15(17(20)11-12)19(4,5)16-10-8-13(2)14(3)18(16)21-6/h8,10,12,15,17H,7,9,11H2,1-6H3. The largest absolute Gasteiger partial charge is 0.496 e. The fourth-order valence-corrected chi connectivity index (χ4v) is 4.63. The van der Waals surface area contributed by atoms with Crippen LogP contribution in [-0.4, -0.2) is 12.5 Å². The van der Waals surface area contributed by atoms with Crippen LogP contribution in [0.15, 0.2) is 12.1 Å². The Morgan fingerprint density at radius 3 is 2.43 bits per heavy atom. The Morgan fingerprint density at radius 1 is 1.19 bits per heavy atom. The number of rotatable bonds is 3. The molecule has 1 aliphatic carbocycles. The molecular formula is C19H29ClO. The summed E-state index contributed by atoms with van der Waals surface area (Å²) in [5.74, 6) is 2.30. The first-order valence-corrected chi connectivity index (χ1v) is 8.51. The molecule has 1 saturated carbocycles. The summed E-state index contributed by atoms with van der Waals surface area (Å²) in [4.78, 5) is 0. The van der Waals surface area contributed by atoms with Crippen LogP contribution in [-0.2, 0) is 5.41 Å². The first-order chi connectivity index (χ1) is 9.78. The number of hydrogen-bond acceptors (Lipinski definition) is 1. The Balaban J connectivity index is 2.42. The lowest BCUT2D eigenvalue weighted by Crippen LogP contribution is -2.39. The van der Waals surface area contributed by atoms with Gasteiger partial charge in [0.1, 0.15) is 5.75 Å². The summed E-state index contributed by atoms with van der Waals surface area (Å²) in [6, 6.07) is 4.45. The van der Waals surface area contributed by atoms with Crippen LogP contribution in [0.25, 0.3) is 0 Å². The van der Waals surface area contributed by atoms with Crippen molar-refractivity contribution in [1.29, 1.82) is 0 Å². The van der Waals surface area contributed by atoms with Crippen molar-refractivity contribution in [1.82, 2.24) is 0 Å². The van der Waals surface area contributed by atoms with E-state index in [2.05, 4.69) is 46.8 Å². The number of benzene rings is 1. The molecule has 0 spiro atoms. The quantitative estimate of drug-likeness (QED) is 0.657. The first kappa shape index (κ1) is 16.7. The third kappa shape index (κ3) is 3.08. The van der Waals surface area contributed by atoms with Gasteiger partial charge in [-0.15, -0.1) is 11.6 Å². The highest BCUT2D eigenvalue weighted by molar-refractivity contribution is 6.20. The third-order valence-corrected chi connectivity index (χ3v) is 6.02. The summed E-state index contributed by atoms with van der Waals surface area (Å²) in [5.41, 5.74) is 3.87. The highest BCUT2D eigenvalue weighted by atomic mass is 35.5. The van der Waals surface area contributed by atoms with Gasteiger partial charge in [-0.2, -0.15) is 0 Å². The molecule has 0 aromatic heterocycles. The lowest BCUT2D eigenvalue weighted by atomic mass is 9.65. The second kappa shape index (κ2) is 6.20. The first-order valence-electron chi connectivity index (χ1n) is 8.07. The van der Waals surface area contributed by atoms with E-state index >= 15 is 0 Å². The zero-order valence-corrected chi connectivity index (χ0v) is 15.1. The predicted octanol–water partition coefficient (Wildman–Crippen LogP) is 5.63. The van der Waals surface area contributed by atoms with Gasteiger partial charge in [0, 0.05) is 10.9 Å². The van der Waals surface area contributed by atoms with Crippen molar-refractivity contribution >= 4 is 11.6 Å². The molecule has 0 radical (unpaired) electrons. The van der Waals surface area contributed by atoms with Crippen molar-refractivity contribution in [2.75, 3.05) is 7.11 Å². The molecule has 1 nitrogen and oxygen atoms in total. The summed E-state index contributed by atoms with van der Waals surface area (Å²) < 4.78 is 5.75. The summed E-state index contributed by atoms with van der Waals surface area (Å²) in [6.07, 6.45) is 3.62. The number of aryl methyl sites for hydroxylation is 1. The zero-order chi connectivity index (χ0) is 15.8. The fourth-order valence-electron chi connectivity index (χ4n) is 3.88. The highest BCUT2D eigenvalue weighted by Gasteiger charge is 2.40. The van der Waals surface area contributed by atoms with Gasteiger partial charge in [-0.25, -0.2) is 0 Å². The second-order valence-corrected chi connectivity index (χ2v) is 7.91. The molecule has 3 atom stereocenters. The smallest absolute Gasteiger partial charge is 0.125 e. The molecule has 1 aromatic rings. The summed E-state index contributed by atoms with van der Waals surface area (Å²) in [7, 11) is 1.78. The van der Waals surface area contributed by atoms with E-state index in [0.29, 0.717) is 5.92 Å². The van der Waals surface area contributed by atoms with Crippen LogP contribution in [0.1, 0.15) is 56.7 Å². The topological polar surface area (TPSA) is 9.23 Å². The Kier molecular flexibility index (Phi) is 4.92. The van der Waals surface area contributed by atoms with Crippen molar-refractivity contribution < 1.29 is 4.74 Å². The van der Waals surface area contributed by atoms with Crippen LogP contribution < -0.4 is 4.74 Å². The van der Waals surface area contributed by atoms with Gasteiger partial charge < -0.3 is 4.74 Å². The van der Waals surface area contributed by atoms with Crippen molar-refractivity contribution in [3.05, 3.63) is 28.8 Å². The summed E-state index contributed by atoms with van der Waals surface area (Å²) in [6.45, 7) is 11.3. The predicted molar refractivity (Wildman–Crippen MR) is 91.6 cm³/mol. The Bertz CT molecular complexity index is 507. The van der Waals surface area contributed by atoms with E-state index in [-0.39, 0.29) is 10.8 Å². The third-order valence-electron chi connectivity index (χ3n) is 5.54. The maximum absolute atomic E-state index is 6.74. The molecule has 1 aromatic carbocycles. The molecule has 118 valence electrons. The molecule has 1 aliphatic rings. The Hall–Kier alpha value is -0.690. The lowest BCUT2D eigenvalue weighted by molar-refractivity contribution is 0.203. The zero-order valence-electron chi connectivity index (χ0n) is 14.3. The van der Waals surface area contributed by atoms with Crippen molar-refractivity contribution in [3.63, 3.8) is 0 Å². The second-order valence-electron chi connectivity index (χ2n) is 7.35. The van der Waals surface area contributed by atoms with Crippen LogP contribution in [0.4, 0.5) is 0 Å². The van der Waals surface area contributed by atoms with Gasteiger partial charge in [0.05, 0.1) is 7.11 Å². The van der Waals surface area contributed by atoms with E-state index in [1.54, 1.807) is 7.11 Å². The molecule has 21 heavy (non-hydrogen) atoms. The average Bonchev–Trinajstić information content (AvgIpc) is 2.40. The minimum atomic E-state index is 0.0381. The van der Waals surface area contributed by atoms with Crippen LogP contribution in [0.2, 0.25) is 0 Å². The van der Waals surface area contributed by atoms with E-state index in [0.717, 1.165) is 18.1 Å². The number of halogens is 1. The van der Waals surface area contributed by atoms with Crippen molar-refractivity contribution in [2.45, 2.75) is 64.7 Å². The van der Waals surface area contributed by atoms with E-state index in [1.807, 2.05) is 0 Å². The lowest BCUT2D eigenvalue weighted by Gasteiger charge is -2.43. The van der Waals surface area contributed by atoms with E-state index in [9.17, 15) is 0 Å². The van der Waals surface area contributed by atoms with E-state index in [1.165, 1.54) is 29.5 Å². The normalized spacial score (nSPS) is 26.7. The molecule has 0 bridgehead atoms. The van der Waals surface area contributed by atoms with Crippen LogP contribution >= 0.6 is 11.6 Å². The molecular weight excluding hydrogens is 280 g/mol. The number of methoxy groups -OCH3 is 1. The van der Waals surface area contributed by atoms with Crippen molar-refractivity contribution in [3.8, 4) is 5.75 Å². The van der Waals surface area contributed by atoms with E-state index in [4.69, 9.17) is 16.3 Å². The molecule has 0 saturated heterocycles. The summed E-state index contributed by atoms with van der Waals surface area (Å²) >= 11 is 6.74. The van der Waals surface area contributed by atoms with Gasteiger partial charge in [-0.1, -0.05) is 39.3 Å². The highest BCUT2D eigenvalue weighted by Crippen LogP contribution is 2.47. The SMILES string of the molecule is COc1c(C(C)(C)C2CCC(C)CC2Cl)ccc(C)c1C. The van der Waals surface area contributed by atoms with Gasteiger partial charge in [0.2, 0.25) is 0 Å². The minimum Gasteiger partial charge on any atom is -0.496 e. The Morgan fingerprint density at radius 2 is 1.86 bits per heavy atom. The van der Waals surface area contributed by atoms with Crippen LogP contribution in [0.3, 0.4) is 0 Å². The van der Waals surface area contributed by atoms with Crippen LogP contribution in [0, 0.1) is 25.7 Å². The van der Waals surface area contributed by atoms with Gasteiger partial charge in [-0.3, -0.25) is 0 Å². The fraction of sp³-hybridized carbons (Fsp3) is 0.684. The number of alkyl halides is 1. The number of ether oxygens (including phenoxy) is 1. The van der Waals surface area contributed by atoms with Gasteiger partial charge in [0.15, 0.2) is 0 Å². The molecule has 0 heterocycles. The summed E-state index contributed by atoms with van der Waals surface area (Å²) in [5, 5.41) is 0.259. The monoisotopic (exact) mass is 308 g/mol. The molecule has 1 fully saturated rings. The molecule has 0 amide bonds. The van der Waals surface area contributed by atoms with Gasteiger partial charge in [-0.05, 0) is 55.1 Å². The Labute approximate surface area is 135 Å². The minimum absolute atomic E-state index is 0.0381. The maximum atomic E-state index is 6.74. The van der Waals surface area contributed by atoms with Crippen molar-refractivity contribution in [2.24, 2.45) is 11.8 Å². The molecule has 3 unspecified atom stereocenters. The van der Waals surface area contributed by atoms with Gasteiger partial charge in [0.25, 0.3) is 0 Å². The van der Waals surface area contributed by atoms with E-state index < -0.39 is 0 Å². The number of hydrogen-bond donors (Lipinski definition) is 0. The molecule has 2 heteroatoms. The maximum Gasteiger partial charge on any atom is 0.125 e. The van der Waals surface area contributed by atoms with Gasteiger partial charge >= 0.3 is 0 Å². The average molecular weight is 309 g/mol. The molecule has 0 N–H and O–H groups in total. The van der Waals surface area contributed by atoms with Crippen LogP contribution in [0.5, 0.6) is 5.75 Å².